The predicted molar refractivity (Wildman–Crippen MR) is 196 cm³/mol. The van der Waals surface area contributed by atoms with Crippen molar-refractivity contribution in [1.29, 1.82) is 5.26 Å². The molecule has 270 valence electrons. The Morgan fingerprint density at radius 1 is 1.00 bits per heavy atom. The number of imide groups is 2. The van der Waals surface area contributed by atoms with Gasteiger partial charge in [-0.15, -0.1) is 0 Å². The van der Waals surface area contributed by atoms with Gasteiger partial charge in [0.2, 0.25) is 11.8 Å². The number of hydrogen-bond acceptors (Lipinski definition) is 10. The van der Waals surface area contributed by atoms with E-state index in [1.807, 2.05) is 19.9 Å². The van der Waals surface area contributed by atoms with E-state index >= 15 is 0 Å². The first-order chi connectivity index (χ1) is 25.5. The lowest BCUT2D eigenvalue weighted by Gasteiger charge is -2.42. The van der Waals surface area contributed by atoms with Crippen molar-refractivity contribution in [2.75, 3.05) is 29.4 Å². The zero-order valence-electron chi connectivity index (χ0n) is 30.1. The van der Waals surface area contributed by atoms with E-state index < -0.39 is 29.7 Å². The number of amides is 4. The SMILES string of the molecule is Cc1ccc(-c2c(C)noc2C)cc1N(CC(C)OC1CN(c2ccc3c(c2)C(=O)N(C2CCC(=O)NC2=O)C3=O)C1)c1ccc(C2(C#N)CC2)cc1. The number of hydrogen-bond donors (Lipinski definition) is 1. The van der Waals surface area contributed by atoms with Crippen molar-refractivity contribution < 1.29 is 28.4 Å². The van der Waals surface area contributed by atoms with Crippen LogP contribution in [0.2, 0.25) is 0 Å². The van der Waals surface area contributed by atoms with E-state index in [9.17, 15) is 24.4 Å². The van der Waals surface area contributed by atoms with Gasteiger partial charge in [0.15, 0.2) is 0 Å². The number of carbonyl (C=O) groups excluding carboxylic acids is 4. The Balaban J connectivity index is 0.978. The van der Waals surface area contributed by atoms with Crippen molar-refractivity contribution in [3.8, 4) is 17.2 Å². The van der Waals surface area contributed by atoms with E-state index in [2.05, 4.69) is 82.7 Å². The van der Waals surface area contributed by atoms with Crippen LogP contribution in [0, 0.1) is 32.1 Å². The number of nitriles is 1. The molecule has 2 saturated heterocycles. The Hall–Kier alpha value is -5.80. The Kier molecular flexibility index (Phi) is 8.41. The van der Waals surface area contributed by atoms with Crippen LogP contribution in [-0.2, 0) is 19.7 Å². The fourth-order valence-electron chi connectivity index (χ4n) is 7.86. The minimum atomic E-state index is -1.00. The van der Waals surface area contributed by atoms with E-state index in [0.717, 1.165) is 68.5 Å². The molecular weight excluding hydrogens is 672 g/mol. The normalized spacial score (nSPS) is 19.8. The molecule has 12 nitrogen and oxygen atoms in total. The van der Waals surface area contributed by atoms with Gasteiger partial charge in [0.1, 0.15) is 11.8 Å². The van der Waals surface area contributed by atoms with Crippen molar-refractivity contribution in [2.24, 2.45) is 0 Å². The average Bonchev–Trinajstić information content (AvgIpc) is 3.81. The number of aryl methyl sites for hydroxylation is 3. The highest BCUT2D eigenvalue weighted by atomic mass is 16.5. The van der Waals surface area contributed by atoms with Crippen LogP contribution < -0.4 is 15.1 Å². The maximum Gasteiger partial charge on any atom is 0.262 e. The fraction of sp³-hybridized carbons (Fsp3) is 0.366. The summed E-state index contributed by atoms with van der Waals surface area (Å²) in [4.78, 5) is 56.0. The first-order valence-electron chi connectivity index (χ1n) is 18.1. The molecule has 4 aromatic rings. The van der Waals surface area contributed by atoms with Crippen LogP contribution in [0.15, 0.2) is 65.2 Å². The number of anilines is 3. The highest BCUT2D eigenvalue weighted by Crippen LogP contribution is 2.48. The number of nitrogens with one attached hydrogen (secondary N) is 1. The van der Waals surface area contributed by atoms with Gasteiger partial charge in [-0.25, -0.2) is 0 Å². The minimum Gasteiger partial charge on any atom is -0.370 e. The summed E-state index contributed by atoms with van der Waals surface area (Å²) in [6, 6.07) is 21.4. The van der Waals surface area contributed by atoms with E-state index in [1.54, 1.807) is 12.1 Å². The highest BCUT2D eigenvalue weighted by Gasteiger charge is 2.46. The fourth-order valence-corrected chi connectivity index (χ4v) is 7.86. The van der Waals surface area contributed by atoms with E-state index in [1.165, 1.54) is 0 Å². The molecule has 1 aromatic heterocycles. The molecule has 12 heteroatoms. The van der Waals surface area contributed by atoms with E-state index in [0.29, 0.717) is 19.6 Å². The molecule has 8 rings (SSSR count). The third kappa shape index (κ3) is 6.04. The molecule has 1 aliphatic carbocycles. The molecule has 0 radical (unpaired) electrons. The van der Waals surface area contributed by atoms with Gasteiger partial charge in [-0.3, -0.25) is 29.4 Å². The molecule has 2 atom stereocenters. The van der Waals surface area contributed by atoms with Crippen LogP contribution in [-0.4, -0.2) is 71.6 Å². The minimum absolute atomic E-state index is 0.0557. The summed E-state index contributed by atoms with van der Waals surface area (Å²) in [6.07, 6.45) is 1.73. The summed E-state index contributed by atoms with van der Waals surface area (Å²) in [5.41, 5.74) is 7.94. The zero-order chi connectivity index (χ0) is 37.2. The van der Waals surface area contributed by atoms with Crippen molar-refractivity contribution in [2.45, 2.75) is 77.0 Å². The number of fused-ring (bicyclic) bond motifs is 1. The van der Waals surface area contributed by atoms with Crippen LogP contribution >= 0.6 is 0 Å². The molecular formula is C41H40N6O6. The first-order valence-corrected chi connectivity index (χ1v) is 18.1. The van der Waals surface area contributed by atoms with E-state index in [4.69, 9.17) is 9.26 Å². The molecule has 53 heavy (non-hydrogen) atoms. The average molecular weight is 713 g/mol. The lowest BCUT2D eigenvalue weighted by Crippen LogP contribution is -2.54. The number of aromatic nitrogens is 1. The number of carbonyl (C=O) groups is 4. The molecule has 1 N–H and O–H groups in total. The third-order valence-electron chi connectivity index (χ3n) is 11.0. The third-order valence-corrected chi connectivity index (χ3v) is 11.0. The lowest BCUT2D eigenvalue weighted by atomic mass is 9.97. The molecule has 1 saturated carbocycles. The maximum absolute atomic E-state index is 13.4. The molecule has 4 heterocycles. The van der Waals surface area contributed by atoms with Gasteiger partial charge in [-0.05, 0) is 100 Å². The topological polar surface area (TPSA) is 149 Å². The van der Waals surface area contributed by atoms with Gasteiger partial charge in [0.05, 0.1) is 40.5 Å². The van der Waals surface area contributed by atoms with Crippen LogP contribution in [0.4, 0.5) is 17.1 Å². The second kappa shape index (κ2) is 13.0. The molecule has 0 bridgehead atoms. The van der Waals surface area contributed by atoms with Crippen LogP contribution in [0.3, 0.4) is 0 Å². The Labute approximate surface area is 307 Å². The second-order valence-electron chi connectivity index (χ2n) is 14.7. The number of nitrogens with zero attached hydrogens (tertiary/aromatic N) is 5. The summed E-state index contributed by atoms with van der Waals surface area (Å²) in [5.74, 6) is -1.32. The van der Waals surface area contributed by atoms with Gasteiger partial charge < -0.3 is 19.1 Å². The van der Waals surface area contributed by atoms with Crippen molar-refractivity contribution in [1.82, 2.24) is 15.4 Å². The lowest BCUT2D eigenvalue weighted by molar-refractivity contribution is -0.136. The van der Waals surface area contributed by atoms with Gasteiger partial charge >= 0.3 is 0 Å². The van der Waals surface area contributed by atoms with Gasteiger partial charge in [0.25, 0.3) is 11.8 Å². The molecule has 2 unspecified atom stereocenters. The van der Waals surface area contributed by atoms with Crippen LogP contribution in [0.25, 0.3) is 11.1 Å². The Bertz CT molecular complexity index is 2190. The summed E-state index contributed by atoms with van der Waals surface area (Å²) < 4.78 is 12.1. The molecule has 4 aliphatic rings. The van der Waals surface area contributed by atoms with Crippen molar-refractivity contribution in [3.05, 3.63) is 94.4 Å². The summed E-state index contributed by atoms with van der Waals surface area (Å²) in [6.45, 7) is 9.80. The standard InChI is InChI=1S/C41H40N6O6/c1-23-5-6-27(37-25(3)44-53-26(37)4)17-35(23)46(29-9-7-28(8-10-29)41(22-42)15-16-41)19-24(2)52-31-20-45(21-31)30-11-12-32-33(18-30)40(51)47(39(32)50)34-13-14-36(48)43-38(34)49/h5-12,17-18,24,31,34H,13-16,19-21H2,1-4H3,(H,43,48,49). The summed E-state index contributed by atoms with van der Waals surface area (Å²) in [7, 11) is 0. The maximum atomic E-state index is 13.4. The number of piperidine rings is 1. The molecule has 0 spiro atoms. The molecule has 3 fully saturated rings. The molecule has 3 aliphatic heterocycles. The number of ether oxygens (including phenoxy) is 1. The van der Waals surface area contributed by atoms with Gasteiger partial charge in [-0.1, -0.05) is 29.4 Å². The molecule has 4 amide bonds. The largest absolute Gasteiger partial charge is 0.370 e. The van der Waals surface area contributed by atoms with Crippen molar-refractivity contribution in [3.63, 3.8) is 0 Å². The van der Waals surface area contributed by atoms with E-state index in [-0.39, 0.29) is 41.6 Å². The zero-order valence-corrected chi connectivity index (χ0v) is 30.1. The van der Waals surface area contributed by atoms with Gasteiger partial charge in [-0.2, -0.15) is 5.26 Å². The monoisotopic (exact) mass is 712 g/mol. The smallest absolute Gasteiger partial charge is 0.262 e. The second-order valence-corrected chi connectivity index (χ2v) is 14.7. The number of benzene rings is 3. The summed E-state index contributed by atoms with van der Waals surface area (Å²) >= 11 is 0. The highest BCUT2D eigenvalue weighted by molar-refractivity contribution is 6.23. The molecule has 3 aromatic carbocycles. The Morgan fingerprint density at radius 2 is 1.74 bits per heavy atom. The Morgan fingerprint density at radius 3 is 2.40 bits per heavy atom. The van der Waals surface area contributed by atoms with Crippen LogP contribution in [0.5, 0.6) is 0 Å². The predicted octanol–water partition coefficient (Wildman–Crippen LogP) is 5.66. The number of rotatable bonds is 10. The van der Waals surface area contributed by atoms with Gasteiger partial charge in [0, 0.05) is 48.7 Å². The summed E-state index contributed by atoms with van der Waals surface area (Å²) in [5, 5.41) is 16.2. The van der Waals surface area contributed by atoms with Crippen molar-refractivity contribution >= 4 is 40.7 Å². The quantitative estimate of drug-likeness (QED) is 0.204. The van der Waals surface area contributed by atoms with Crippen LogP contribution in [0.1, 0.15) is 75.9 Å². The first kappa shape index (κ1) is 34.3.